The molecule has 1 aliphatic rings. The average Bonchev–Trinajstić information content (AvgIpc) is 2.79. The SMILES string of the molecule is O=C(NCC1CCCOC1)c1cc(S(=O)(=O)Cl)c(Br)o1. The van der Waals surface area contributed by atoms with Gasteiger partial charge in [-0.25, -0.2) is 8.42 Å². The normalized spacial score (nSPS) is 19.8. The lowest BCUT2D eigenvalue weighted by molar-refractivity contribution is 0.0533. The molecule has 0 radical (unpaired) electrons. The maximum atomic E-state index is 11.9. The maximum Gasteiger partial charge on any atom is 0.287 e. The van der Waals surface area contributed by atoms with Crippen LogP contribution in [0.3, 0.4) is 0 Å². The molecule has 0 spiro atoms. The Balaban J connectivity index is 1.99. The van der Waals surface area contributed by atoms with Crippen molar-refractivity contribution < 1.29 is 22.4 Å². The second-order valence-corrected chi connectivity index (χ2v) is 7.73. The molecule has 0 aliphatic carbocycles. The van der Waals surface area contributed by atoms with Crippen LogP contribution < -0.4 is 5.32 Å². The summed E-state index contributed by atoms with van der Waals surface area (Å²) in [5.74, 6) is -0.321. The van der Waals surface area contributed by atoms with Gasteiger partial charge in [-0.2, -0.15) is 0 Å². The first-order valence-electron chi connectivity index (χ1n) is 5.98. The molecule has 1 saturated heterocycles. The first kappa shape index (κ1) is 15.8. The lowest BCUT2D eigenvalue weighted by Crippen LogP contribution is -2.33. The van der Waals surface area contributed by atoms with E-state index in [1.807, 2.05) is 0 Å². The predicted octanol–water partition coefficient (Wildman–Crippen LogP) is 2.13. The molecular formula is C11H13BrClNO5S. The van der Waals surface area contributed by atoms with Gasteiger partial charge in [-0.1, -0.05) is 0 Å². The summed E-state index contributed by atoms with van der Waals surface area (Å²) in [7, 11) is 1.26. The molecule has 112 valence electrons. The fourth-order valence-corrected chi connectivity index (χ4v) is 3.96. The van der Waals surface area contributed by atoms with Crippen molar-refractivity contribution in [2.24, 2.45) is 5.92 Å². The number of carbonyl (C=O) groups is 1. The summed E-state index contributed by atoms with van der Waals surface area (Å²) in [6.45, 7) is 1.83. The molecular weight excluding hydrogens is 374 g/mol. The number of carbonyl (C=O) groups excluding carboxylic acids is 1. The molecule has 1 unspecified atom stereocenters. The molecule has 1 atom stereocenters. The summed E-state index contributed by atoms with van der Waals surface area (Å²) in [6.07, 6.45) is 1.96. The van der Waals surface area contributed by atoms with Crippen LogP contribution in [-0.4, -0.2) is 34.1 Å². The highest BCUT2D eigenvalue weighted by Gasteiger charge is 2.24. The van der Waals surface area contributed by atoms with E-state index < -0.39 is 15.0 Å². The van der Waals surface area contributed by atoms with Crippen LogP contribution in [-0.2, 0) is 13.8 Å². The van der Waals surface area contributed by atoms with Crippen LogP contribution in [0.25, 0.3) is 0 Å². The molecule has 1 fully saturated rings. The second kappa shape index (κ2) is 6.46. The Morgan fingerprint density at radius 3 is 2.85 bits per heavy atom. The summed E-state index contributed by atoms with van der Waals surface area (Å²) < 4.78 is 32.7. The van der Waals surface area contributed by atoms with Crippen LogP contribution in [0.4, 0.5) is 0 Å². The lowest BCUT2D eigenvalue weighted by atomic mass is 10.0. The van der Waals surface area contributed by atoms with E-state index >= 15 is 0 Å². The lowest BCUT2D eigenvalue weighted by Gasteiger charge is -2.21. The fraction of sp³-hybridized carbons (Fsp3) is 0.545. The van der Waals surface area contributed by atoms with Gasteiger partial charge in [-0.05, 0) is 34.7 Å². The predicted molar refractivity (Wildman–Crippen MR) is 75.3 cm³/mol. The quantitative estimate of drug-likeness (QED) is 0.801. The molecule has 2 rings (SSSR count). The number of hydrogen-bond donors (Lipinski definition) is 1. The Hall–Kier alpha value is -0.570. The van der Waals surface area contributed by atoms with Gasteiger partial charge in [0.1, 0.15) is 4.90 Å². The Morgan fingerprint density at radius 2 is 2.30 bits per heavy atom. The molecule has 1 aromatic rings. The molecule has 1 amide bonds. The third-order valence-corrected chi connectivity index (χ3v) is 5.13. The van der Waals surface area contributed by atoms with Gasteiger partial charge in [0, 0.05) is 29.9 Å². The van der Waals surface area contributed by atoms with Crippen molar-refractivity contribution in [1.29, 1.82) is 0 Å². The van der Waals surface area contributed by atoms with Crippen LogP contribution in [0.1, 0.15) is 23.4 Å². The molecule has 9 heteroatoms. The van der Waals surface area contributed by atoms with Crippen molar-refractivity contribution in [2.75, 3.05) is 19.8 Å². The van der Waals surface area contributed by atoms with E-state index in [9.17, 15) is 13.2 Å². The number of rotatable bonds is 4. The third-order valence-electron chi connectivity index (χ3n) is 2.95. The number of amides is 1. The molecule has 0 bridgehead atoms. The van der Waals surface area contributed by atoms with Gasteiger partial charge < -0.3 is 14.5 Å². The smallest absolute Gasteiger partial charge is 0.287 e. The van der Waals surface area contributed by atoms with Crippen molar-refractivity contribution in [3.05, 3.63) is 16.5 Å². The van der Waals surface area contributed by atoms with Crippen molar-refractivity contribution >= 4 is 41.6 Å². The van der Waals surface area contributed by atoms with Crippen LogP contribution in [0, 0.1) is 5.92 Å². The van der Waals surface area contributed by atoms with Crippen LogP contribution in [0.2, 0.25) is 0 Å². The highest BCUT2D eigenvalue weighted by atomic mass is 79.9. The minimum Gasteiger partial charge on any atom is -0.443 e. The number of hydrogen-bond acceptors (Lipinski definition) is 5. The van der Waals surface area contributed by atoms with Crippen LogP contribution in [0.5, 0.6) is 0 Å². The Kier molecular flexibility index (Phi) is 5.11. The van der Waals surface area contributed by atoms with Gasteiger partial charge >= 0.3 is 0 Å². The van der Waals surface area contributed by atoms with E-state index in [1.165, 1.54) is 0 Å². The summed E-state index contributed by atoms with van der Waals surface area (Å²) in [6, 6.07) is 1.10. The zero-order valence-electron chi connectivity index (χ0n) is 10.4. The number of furan rings is 1. The molecule has 0 aromatic carbocycles. The van der Waals surface area contributed by atoms with Crippen LogP contribution >= 0.6 is 26.6 Å². The minimum atomic E-state index is -3.95. The van der Waals surface area contributed by atoms with Crippen LogP contribution in [0.15, 0.2) is 20.0 Å². The fourth-order valence-electron chi connectivity index (χ4n) is 1.92. The van der Waals surface area contributed by atoms with E-state index in [0.29, 0.717) is 13.2 Å². The van der Waals surface area contributed by atoms with Crippen molar-refractivity contribution in [3.8, 4) is 0 Å². The molecule has 1 N–H and O–H groups in total. The summed E-state index contributed by atoms with van der Waals surface area (Å²) in [5.41, 5.74) is 0. The monoisotopic (exact) mass is 385 g/mol. The highest BCUT2D eigenvalue weighted by Crippen LogP contribution is 2.28. The summed E-state index contributed by atoms with van der Waals surface area (Å²) in [5, 5.41) is 2.69. The molecule has 20 heavy (non-hydrogen) atoms. The molecule has 0 saturated carbocycles. The Morgan fingerprint density at radius 1 is 1.55 bits per heavy atom. The molecule has 6 nitrogen and oxygen atoms in total. The van der Waals surface area contributed by atoms with Crippen molar-refractivity contribution in [2.45, 2.75) is 17.7 Å². The molecule has 1 aromatic heterocycles. The van der Waals surface area contributed by atoms with Gasteiger partial charge in [0.05, 0.1) is 6.61 Å². The summed E-state index contributed by atoms with van der Waals surface area (Å²) in [4.78, 5) is 11.6. The van der Waals surface area contributed by atoms with E-state index in [4.69, 9.17) is 19.8 Å². The highest BCUT2D eigenvalue weighted by molar-refractivity contribution is 9.10. The van der Waals surface area contributed by atoms with E-state index in [-0.39, 0.29) is 21.2 Å². The minimum absolute atomic E-state index is 0.0846. The first-order chi connectivity index (χ1) is 9.38. The Labute approximate surface area is 129 Å². The Bertz CT molecular complexity index is 594. The zero-order valence-corrected chi connectivity index (χ0v) is 13.6. The van der Waals surface area contributed by atoms with Gasteiger partial charge in [-0.3, -0.25) is 4.79 Å². The van der Waals surface area contributed by atoms with Gasteiger partial charge in [-0.15, -0.1) is 0 Å². The van der Waals surface area contributed by atoms with Crippen molar-refractivity contribution in [1.82, 2.24) is 5.32 Å². The van der Waals surface area contributed by atoms with E-state index in [0.717, 1.165) is 25.5 Å². The second-order valence-electron chi connectivity index (χ2n) is 4.48. The maximum absolute atomic E-state index is 11.9. The van der Waals surface area contributed by atoms with Gasteiger partial charge in [0.15, 0.2) is 10.4 Å². The van der Waals surface area contributed by atoms with Gasteiger partial charge in [0.2, 0.25) is 0 Å². The number of halogens is 2. The largest absolute Gasteiger partial charge is 0.443 e. The average molecular weight is 387 g/mol. The zero-order chi connectivity index (χ0) is 14.8. The standard InChI is InChI=1S/C11H13BrClNO5S/c12-10-9(20(13,16)17)4-8(19-10)11(15)14-5-7-2-1-3-18-6-7/h4,7H,1-3,5-6H2,(H,14,15). The van der Waals surface area contributed by atoms with E-state index in [1.54, 1.807) is 0 Å². The molecule has 2 heterocycles. The molecule has 1 aliphatic heterocycles. The number of ether oxygens (including phenoxy) is 1. The first-order valence-corrected chi connectivity index (χ1v) is 9.08. The number of nitrogens with one attached hydrogen (secondary N) is 1. The third kappa shape index (κ3) is 3.97. The van der Waals surface area contributed by atoms with Crippen molar-refractivity contribution in [3.63, 3.8) is 0 Å². The summed E-state index contributed by atoms with van der Waals surface area (Å²) >= 11 is 2.92. The topological polar surface area (TPSA) is 85.6 Å². The van der Waals surface area contributed by atoms with E-state index in [2.05, 4.69) is 21.2 Å². The van der Waals surface area contributed by atoms with Gasteiger partial charge in [0.25, 0.3) is 15.0 Å².